The summed E-state index contributed by atoms with van der Waals surface area (Å²) in [6.07, 6.45) is 2.36. The zero-order valence-corrected chi connectivity index (χ0v) is 20.8. The fraction of sp³-hybridized carbons (Fsp3) is 0.545. The normalized spacial score (nSPS) is 30.4. The molecule has 3 saturated heterocycles. The van der Waals surface area contributed by atoms with Gasteiger partial charge < -0.3 is 24.3 Å². The Morgan fingerprint density at radius 3 is 2.35 bits per heavy atom. The highest BCUT2D eigenvalue weighted by molar-refractivity contribution is 6.68. The van der Waals surface area contributed by atoms with Crippen LogP contribution >= 0.6 is 23.2 Å². The molecular formula is C22H28BCl2N3O6. The van der Waals surface area contributed by atoms with E-state index in [2.05, 4.69) is 10.6 Å². The standard InChI is InChI=1S/C22H28BCl2N3O6/c1-12(2)9-18(27-19(29)11-26-20(30)14-10-13(24)7-8-15(14)25)23-28(3)16(21(31)33-23)5-4-6-17(28)22(32)34-23/h7-8,10,12,16-18H,4-6,9,11H2,1-3H3,(H,26,30)(H,27,29)/t16-,17+,18-,23?,28?/m0/s1. The quantitative estimate of drug-likeness (QED) is 0.543. The number of hydrogen-bond acceptors (Lipinski definition) is 6. The van der Waals surface area contributed by atoms with Crippen molar-refractivity contribution < 1.29 is 32.9 Å². The monoisotopic (exact) mass is 511 g/mol. The van der Waals surface area contributed by atoms with E-state index in [1.54, 1.807) is 6.07 Å². The number of quaternary nitrogens is 1. The molecule has 0 spiro atoms. The number of nitrogens with one attached hydrogen (secondary N) is 2. The lowest BCUT2D eigenvalue weighted by molar-refractivity contribution is -0.850. The van der Waals surface area contributed by atoms with Crippen molar-refractivity contribution in [3.63, 3.8) is 0 Å². The van der Waals surface area contributed by atoms with E-state index in [0.29, 0.717) is 24.3 Å². The first-order chi connectivity index (χ1) is 16.0. The van der Waals surface area contributed by atoms with Crippen molar-refractivity contribution in [2.24, 2.45) is 5.92 Å². The minimum atomic E-state index is -2.51. The second-order valence-corrected chi connectivity index (χ2v) is 10.7. The molecule has 0 aromatic heterocycles. The van der Waals surface area contributed by atoms with Gasteiger partial charge in [-0.25, -0.2) is 9.59 Å². The number of carbonyl (C=O) groups excluding carboxylic acids is 4. The number of likely N-dealkylation sites (N-methyl/N-ethyl adjacent to an activating group) is 1. The Bertz CT molecular complexity index is 1030. The Hall–Kier alpha value is -2.30. The summed E-state index contributed by atoms with van der Waals surface area (Å²) in [5, 5.41) is 5.96. The molecule has 0 saturated carbocycles. The van der Waals surface area contributed by atoms with Gasteiger partial charge in [0.15, 0.2) is 0 Å². The topological polar surface area (TPSA) is 111 Å². The molecule has 3 aliphatic heterocycles. The fourth-order valence-electron chi connectivity index (χ4n) is 5.79. The van der Waals surface area contributed by atoms with Crippen LogP contribution in [0.25, 0.3) is 0 Å². The van der Waals surface area contributed by atoms with Gasteiger partial charge in [-0.1, -0.05) is 37.0 Å². The predicted octanol–water partition coefficient (Wildman–Crippen LogP) is 2.21. The van der Waals surface area contributed by atoms with Crippen molar-refractivity contribution in [3.05, 3.63) is 33.8 Å². The lowest BCUT2D eigenvalue weighted by Crippen LogP contribution is -2.75. The molecule has 2 unspecified atom stereocenters. The smallest absolute Gasteiger partial charge is 0.599 e. The van der Waals surface area contributed by atoms with Crippen molar-refractivity contribution >= 4 is 53.6 Å². The lowest BCUT2D eigenvalue weighted by atomic mass is 9.56. The molecule has 3 fully saturated rings. The maximum Gasteiger partial charge on any atom is 0.605 e. The maximum absolute atomic E-state index is 12.9. The summed E-state index contributed by atoms with van der Waals surface area (Å²) in [5.41, 5.74) is 0.148. The van der Waals surface area contributed by atoms with Crippen LogP contribution in [0.5, 0.6) is 0 Å². The summed E-state index contributed by atoms with van der Waals surface area (Å²) >= 11 is 12.0. The van der Waals surface area contributed by atoms with Gasteiger partial charge in [-0.05, 0) is 37.0 Å². The number of hydrogen-bond donors (Lipinski definition) is 2. The SMILES string of the molecule is CC(C)C[C@H](NC(=O)CNC(=O)c1cc(Cl)ccc1Cl)[B-]12OC(=O)[C@H]3CCC[C@@H](C(=O)O1)[N+]32C. The van der Waals surface area contributed by atoms with E-state index in [4.69, 9.17) is 32.5 Å². The molecule has 1 aromatic rings. The van der Waals surface area contributed by atoms with E-state index in [0.717, 1.165) is 6.42 Å². The molecule has 12 heteroatoms. The van der Waals surface area contributed by atoms with Gasteiger partial charge in [0, 0.05) is 24.9 Å². The van der Waals surface area contributed by atoms with Crippen molar-refractivity contribution in [2.75, 3.05) is 13.6 Å². The Morgan fingerprint density at radius 1 is 1.15 bits per heavy atom. The molecule has 9 nitrogen and oxygen atoms in total. The molecule has 3 aliphatic rings. The summed E-state index contributed by atoms with van der Waals surface area (Å²) < 4.78 is 11.8. The third-order valence-electron chi connectivity index (χ3n) is 7.35. The fourth-order valence-corrected chi connectivity index (χ4v) is 6.17. The van der Waals surface area contributed by atoms with Crippen LogP contribution in [-0.4, -0.2) is 66.5 Å². The third-order valence-corrected chi connectivity index (χ3v) is 7.92. The molecule has 4 rings (SSSR count). The third kappa shape index (κ3) is 3.95. The van der Waals surface area contributed by atoms with Crippen molar-refractivity contribution in [1.82, 2.24) is 10.6 Å². The number of carbonyl (C=O) groups is 4. The van der Waals surface area contributed by atoms with Crippen LogP contribution in [0.4, 0.5) is 0 Å². The van der Waals surface area contributed by atoms with Crippen LogP contribution in [-0.2, 0) is 23.7 Å². The highest BCUT2D eigenvalue weighted by Crippen LogP contribution is 2.49. The second kappa shape index (κ2) is 9.05. The molecule has 0 aliphatic carbocycles. The largest absolute Gasteiger partial charge is 0.605 e. The van der Waals surface area contributed by atoms with Gasteiger partial charge >= 0.3 is 18.6 Å². The van der Waals surface area contributed by atoms with Crippen LogP contribution in [0.15, 0.2) is 18.2 Å². The molecule has 5 atom stereocenters. The number of piperidine rings is 1. The Kier molecular flexibility index (Phi) is 6.61. The predicted molar refractivity (Wildman–Crippen MR) is 126 cm³/mol. The lowest BCUT2D eigenvalue weighted by Gasteiger charge is -2.51. The summed E-state index contributed by atoms with van der Waals surface area (Å²) in [5.74, 6) is -2.48. The van der Waals surface area contributed by atoms with Gasteiger partial charge in [-0.2, -0.15) is 0 Å². The van der Waals surface area contributed by atoms with Crippen molar-refractivity contribution in [1.29, 1.82) is 0 Å². The van der Waals surface area contributed by atoms with Gasteiger partial charge in [0.05, 0.1) is 23.1 Å². The molecular weight excluding hydrogens is 484 g/mol. The zero-order valence-electron chi connectivity index (χ0n) is 19.3. The molecule has 1 aromatic carbocycles. The molecule has 184 valence electrons. The Balaban J connectivity index is 1.54. The molecule has 0 radical (unpaired) electrons. The van der Waals surface area contributed by atoms with Crippen molar-refractivity contribution in [2.45, 2.75) is 57.6 Å². The summed E-state index contributed by atoms with van der Waals surface area (Å²) in [4.78, 5) is 51.1. The number of halogens is 2. The first-order valence-corrected chi connectivity index (χ1v) is 12.2. The van der Waals surface area contributed by atoms with Gasteiger partial charge in [0.2, 0.25) is 5.91 Å². The first kappa shape index (κ1) is 24.8. The van der Waals surface area contributed by atoms with E-state index in [-0.39, 0.29) is 27.4 Å². The first-order valence-electron chi connectivity index (χ1n) is 11.5. The Labute approximate surface area is 208 Å². The molecule has 2 amide bonds. The number of nitrogens with zero attached hydrogens (tertiary/aromatic N) is 1. The summed E-state index contributed by atoms with van der Waals surface area (Å²) in [6, 6.07) is 3.47. The second-order valence-electron chi connectivity index (χ2n) is 9.90. The van der Waals surface area contributed by atoms with Crippen LogP contribution in [0.1, 0.15) is 49.9 Å². The minimum Gasteiger partial charge on any atom is -0.599 e. The summed E-state index contributed by atoms with van der Waals surface area (Å²) in [6.45, 7) is 1.07. The molecule has 0 bridgehead atoms. The Morgan fingerprint density at radius 2 is 1.76 bits per heavy atom. The van der Waals surface area contributed by atoms with E-state index in [1.165, 1.54) is 12.1 Å². The highest BCUT2D eigenvalue weighted by atomic mass is 35.5. The van der Waals surface area contributed by atoms with Crippen LogP contribution in [0.3, 0.4) is 0 Å². The maximum atomic E-state index is 12.9. The van der Waals surface area contributed by atoms with Crippen LogP contribution < -0.4 is 10.6 Å². The molecule has 2 N–H and O–H groups in total. The molecule has 34 heavy (non-hydrogen) atoms. The van der Waals surface area contributed by atoms with Crippen LogP contribution in [0, 0.1) is 5.92 Å². The highest BCUT2D eigenvalue weighted by Gasteiger charge is 2.77. The van der Waals surface area contributed by atoms with Gasteiger partial charge in [0.25, 0.3) is 5.91 Å². The van der Waals surface area contributed by atoms with Crippen molar-refractivity contribution in [3.8, 4) is 0 Å². The number of benzene rings is 1. The van der Waals surface area contributed by atoms with E-state index in [9.17, 15) is 19.2 Å². The zero-order chi connectivity index (χ0) is 24.8. The van der Waals surface area contributed by atoms with E-state index >= 15 is 0 Å². The van der Waals surface area contributed by atoms with Gasteiger partial charge in [-0.15, -0.1) is 0 Å². The van der Waals surface area contributed by atoms with E-state index in [1.807, 2.05) is 20.9 Å². The average Bonchev–Trinajstić information content (AvgIpc) is 3.13. The van der Waals surface area contributed by atoms with Crippen LogP contribution in [0.2, 0.25) is 10.0 Å². The summed E-state index contributed by atoms with van der Waals surface area (Å²) in [7, 11) is 1.83. The minimum absolute atomic E-state index is 0.0415. The van der Waals surface area contributed by atoms with Gasteiger partial charge in [0.1, 0.15) is 12.1 Å². The number of rotatable bonds is 7. The number of amides is 2. The average molecular weight is 512 g/mol. The molecule has 3 heterocycles. The van der Waals surface area contributed by atoms with Gasteiger partial charge in [-0.3, -0.25) is 9.59 Å². The van der Waals surface area contributed by atoms with E-state index < -0.39 is 48.5 Å².